The predicted molar refractivity (Wildman–Crippen MR) is 71.9 cm³/mol. The number of nitrogens with zero attached hydrogens (tertiary/aromatic N) is 1. The fraction of sp³-hybridized carbons (Fsp3) is 0.357. The van der Waals surface area contributed by atoms with Crippen molar-refractivity contribution in [1.82, 2.24) is 9.88 Å². The lowest BCUT2D eigenvalue weighted by Crippen LogP contribution is -2.15. The smallest absolute Gasteiger partial charge is 0.308 e. The van der Waals surface area contributed by atoms with Crippen molar-refractivity contribution in [3.8, 4) is 5.75 Å². The van der Waals surface area contributed by atoms with Crippen LogP contribution < -0.4 is 4.74 Å². The average molecular weight is 253 g/mol. The van der Waals surface area contributed by atoms with Gasteiger partial charge in [-0.15, -0.1) is 0 Å². The molecule has 0 atom stereocenters. The molecule has 0 bridgehead atoms. The largest absolute Gasteiger partial charge is 0.426 e. The number of nitrogens with one attached hydrogen (secondary N) is 1. The summed E-state index contributed by atoms with van der Waals surface area (Å²) in [5.41, 5.74) is 0.297. The molecule has 18 heavy (non-hydrogen) atoms. The number of rotatable bonds is 4. The maximum absolute atomic E-state index is 11.3. The van der Waals surface area contributed by atoms with E-state index in [4.69, 9.17) is 14.3 Å². The molecule has 4 heteroatoms. The first-order chi connectivity index (χ1) is 11.3. The summed E-state index contributed by atoms with van der Waals surface area (Å²) >= 11 is 0. The molecule has 0 saturated carbocycles. The molecule has 0 aliphatic carbocycles. The summed E-state index contributed by atoms with van der Waals surface area (Å²) in [4.78, 5) is 14.5. The number of carbonyl (C=O) groups is 1. The molecular formula is C14H18N2O2. The van der Waals surface area contributed by atoms with Gasteiger partial charge in [0.15, 0.2) is 0 Å². The van der Waals surface area contributed by atoms with Gasteiger partial charge in [0.05, 0.1) is 0 Å². The van der Waals surface area contributed by atoms with Crippen LogP contribution in [0, 0.1) is 0 Å². The Morgan fingerprint density at radius 2 is 2.44 bits per heavy atom. The highest BCUT2D eigenvalue weighted by Gasteiger charge is 2.11. The molecule has 1 aromatic carbocycles. The van der Waals surface area contributed by atoms with Crippen LogP contribution in [0.3, 0.4) is 0 Å². The lowest BCUT2D eigenvalue weighted by Gasteiger charge is -2.09. The number of aryl methyl sites for hydroxylation is 1. The minimum atomic E-state index is -2.86. The summed E-state index contributed by atoms with van der Waals surface area (Å²) in [5.74, 6) is -0.541. The van der Waals surface area contributed by atoms with Gasteiger partial charge in [-0.05, 0) is 38.1 Å². The predicted octanol–water partition coefficient (Wildman–Crippen LogP) is 2.20. The van der Waals surface area contributed by atoms with Crippen LogP contribution in [0.2, 0.25) is 0 Å². The van der Waals surface area contributed by atoms with Gasteiger partial charge in [0.2, 0.25) is 0 Å². The molecule has 0 unspecified atom stereocenters. The number of aromatic amines is 1. The molecule has 4 nitrogen and oxygen atoms in total. The number of ether oxygens (including phenoxy) is 1. The molecule has 1 aromatic heterocycles. The Bertz CT molecular complexity index is 798. The van der Waals surface area contributed by atoms with Crippen molar-refractivity contribution in [1.29, 1.82) is 0 Å². The first-order valence-corrected chi connectivity index (χ1v) is 5.33. The van der Waals surface area contributed by atoms with E-state index in [1.54, 1.807) is 12.1 Å². The number of esters is 1. The molecule has 2 aromatic rings. The van der Waals surface area contributed by atoms with Gasteiger partial charge in [-0.3, -0.25) is 4.79 Å². The topological polar surface area (TPSA) is 45.3 Å². The van der Waals surface area contributed by atoms with Gasteiger partial charge in [0.1, 0.15) is 5.75 Å². The number of fused-ring (bicyclic) bond motifs is 1. The van der Waals surface area contributed by atoms with Crippen molar-refractivity contribution in [2.75, 3.05) is 20.5 Å². The van der Waals surface area contributed by atoms with Crippen molar-refractivity contribution in [2.24, 2.45) is 0 Å². The minimum Gasteiger partial charge on any atom is -0.426 e. The van der Waals surface area contributed by atoms with Crippen molar-refractivity contribution in [2.45, 2.75) is 13.3 Å². The number of benzene rings is 1. The fourth-order valence-electron chi connectivity index (χ4n) is 1.63. The normalized spacial score (nSPS) is 19.2. The molecule has 0 amide bonds. The van der Waals surface area contributed by atoms with Gasteiger partial charge in [0, 0.05) is 40.1 Å². The van der Waals surface area contributed by atoms with Gasteiger partial charge < -0.3 is 14.6 Å². The van der Waals surface area contributed by atoms with E-state index in [0.29, 0.717) is 10.4 Å². The van der Waals surface area contributed by atoms with Gasteiger partial charge in [-0.25, -0.2) is 0 Å². The highest BCUT2D eigenvalue weighted by molar-refractivity contribution is 5.91. The number of hydrogen-bond donors (Lipinski definition) is 1. The van der Waals surface area contributed by atoms with Gasteiger partial charge in [-0.1, -0.05) is 6.07 Å². The van der Waals surface area contributed by atoms with E-state index < -0.39 is 25.8 Å². The second-order valence-electron chi connectivity index (χ2n) is 3.77. The van der Waals surface area contributed by atoms with E-state index in [1.807, 2.05) is 0 Å². The molecule has 0 radical (unpaired) electrons. The van der Waals surface area contributed by atoms with Crippen LogP contribution in [0.25, 0.3) is 10.9 Å². The minimum absolute atomic E-state index is 0.0671. The summed E-state index contributed by atoms with van der Waals surface area (Å²) < 4.78 is 60.0. The Hall–Kier alpha value is -1.81. The van der Waals surface area contributed by atoms with E-state index in [2.05, 4.69) is 4.98 Å². The molecule has 1 N–H and O–H groups in total. The highest BCUT2D eigenvalue weighted by Crippen LogP contribution is 2.29. The Morgan fingerprint density at radius 1 is 1.61 bits per heavy atom. The van der Waals surface area contributed by atoms with E-state index in [9.17, 15) is 4.79 Å². The Balaban J connectivity index is 2.65. The third-order valence-corrected chi connectivity index (χ3v) is 2.28. The van der Waals surface area contributed by atoms with Gasteiger partial charge in [0.25, 0.3) is 0 Å². The zero-order valence-corrected chi connectivity index (χ0v) is 10.1. The Kier molecular flexibility index (Phi) is 1.85. The summed E-state index contributed by atoms with van der Waals surface area (Å²) in [5, 5.41) is 0.186. The standard InChI is InChI=1S/C14H18N2O2/c1-10(17)18-13-6-4-5-12-14(13)11(9-15-12)7-8-16(2)3/h4-6,9,15H,7-8H2,1-3H3/i2D3,7D2,8D2. The number of aromatic nitrogens is 1. The number of hydrogen-bond acceptors (Lipinski definition) is 3. The van der Waals surface area contributed by atoms with Gasteiger partial charge in [-0.2, -0.15) is 0 Å². The number of carbonyl (C=O) groups excluding carboxylic acids is 1. The molecule has 2 rings (SSSR count). The average Bonchev–Trinajstić information content (AvgIpc) is 2.90. The highest BCUT2D eigenvalue weighted by atomic mass is 16.5. The molecule has 1 heterocycles. The van der Waals surface area contributed by atoms with E-state index >= 15 is 0 Å². The maximum atomic E-state index is 11.3. The monoisotopic (exact) mass is 253 g/mol. The zero-order chi connectivity index (χ0) is 19.2. The summed E-state index contributed by atoms with van der Waals surface area (Å²) in [6, 6.07) is 4.67. The van der Waals surface area contributed by atoms with Crippen LogP contribution in [0.1, 0.15) is 22.1 Å². The molecule has 0 aliphatic rings. The van der Waals surface area contributed by atoms with Gasteiger partial charge >= 0.3 is 5.97 Å². The second kappa shape index (κ2) is 5.23. The molecule has 96 valence electrons. The van der Waals surface area contributed by atoms with Crippen LogP contribution in [0.15, 0.2) is 24.4 Å². The molecule has 0 spiro atoms. The third kappa shape index (κ3) is 2.71. The first kappa shape index (κ1) is 6.38. The lowest BCUT2D eigenvalue weighted by atomic mass is 10.1. The van der Waals surface area contributed by atoms with Crippen molar-refractivity contribution >= 4 is 16.9 Å². The Labute approximate surface area is 116 Å². The van der Waals surface area contributed by atoms with Crippen molar-refractivity contribution in [3.63, 3.8) is 0 Å². The Morgan fingerprint density at radius 3 is 3.17 bits per heavy atom. The van der Waals surface area contributed by atoms with E-state index in [0.717, 1.165) is 7.05 Å². The zero-order valence-electron chi connectivity index (χ0n) is 17.1. The second-order valence-corrected chi connectivity index (χ2v) is 3.77. The maximum Gasteiger partial charge on any atom is 0.308 e. The third-order valence-electron chi connectivity index (χ3n) is 2.28. The summed E-state index contributed by atoms with van der Waals surface area (Å²) in [6.45, 7) is -4.50. The first-order valence-electron chi connectivity index (χ1n) is 8.83. The lowest BCUT2D eigenvalue weighted by molar-refractivity contribution is -0.131. The quantitative estimate of drug-likeness (QED) is 0.671. The fourth-order valence-corrected chi connectivity index (χ4v) is 1.63. The van der Waals surface area contributed by atoms with Crippen LogP contribution >= 0.6 is 0 Å². The molecule has 0 saturated heterocycles. The van der Waals surface area contributed by atoms with Crippen LogP contribution in [0.4, 0.5) is 0 Å². The number of likely N-dealkylation sites (N-methyl/N-ethyl adjacent to an activating group) is 1. The molecular weight excluding hydrogens is 228 g/mol. The number of H-pyrrole nitrogens is 1. The molecule has 0 aliphatic heterocycles. The molecule has 0 fully saturated rings. The summed E-state index contributed by atoms with van der Waals surface area (Å²) in [6.07, 6.45) is -1.46. The van der Waals surface area contributed by atoms with E-state index in [1.165, 1.54) is 19.2 Å². The van der Waals surface area contributed by atoms with Crippen molar-refractivity contribution < 1.29 is 19.1 Å². The van der Waals surface area contributed by atoms with Crippen molar-refractivity contribution in [3.05, 3.63) is 30.0 Å². The SMILES string of the molecule is [2H]C([2H])([2H])N(C)C([2H])([2H])C([2H])([2H])c1c[nH]c2cccc(OC(C)=O)c12. The van der Waals surface area contributed by atoms with Crippen LogP contribution in [-0.2, 0) is 11.2 Å². The van der Waals surface area contributed by atoms with Crippen LogP contribution in [0.5, 0.6) is 5.75 Å². The van der Waals surface area contributed by atoms with Crippen LogP contribution in [-0.4, -0.2) is 36.4 Å². The summed E-state index contributed by atoms with van der Waals surface area (Å²) in [7, 11) is 0.993. The van der Waals surface area contributed by atoms with E-state index in [-0.39, 0.29) is 16.7 Å².